The molecule has 2 aromatic rings. The van der Waals surface area contributed by atoms with Gasteiger partial charge in [0.2, 0.25) is 0 Å². The van der Waals surface area contributed by atoms with E-state index in [9.17, 15) is 0 Å². The Bertz CT molecular complexity index is 736. The minimum atomic E-state index is 0.908. The summed E-state index contributed by atoms with van der Waals surface area (Å²) >= 11 is 1.83. The number of thioether (sulfide) groups is 1. The number of allylic oxidation sites excluding steroid dienone is 2. The Kier molecular flexibility index (Phi) is 8.32. The van der Waals surface area contributed by atoms with Crippen LogP contribution in [-0.2, 0) is 0 Å². The monoisotopic (exact) mass is 369 g/mol. The highest BCUT2D eigenvalue weighted by Gasteiger charge is 2.07. The molecule has 0 amide bonds. The molecule has 4 heteroatoms. The number of nitrogens with zero attached hydrogens (tertiary/aromatic N) is 1. The Labute approximate surface area is 161 Å². The van der Waals surface area contributed by atoms with Crippen molar-refractivity contribution in [3.63, 3.8) is 0 Å². The van der Waals surface area contributed by atoms with Crippen molar-refractivity contribution in [2.75, 3.05) is 38.4 Å². The van der Waals surface area contributed by atoms with Crippen molar-refractivity contribution in [3.8, 4) is 5.75 Å². The second-order valence-electron chi connectivity index (χ2n) is 6.10. The molecule has 0 fully saturated rings. The Morgan fingerprint density at radius 2 is 1.85 bits per heavy atom. The van der Waals surface area contributed by atoms with Gasteiger partial charge in [0.25, 0.3) is 0 Å². The molecule has 2 N–H and O–H groups in total. The molecule has 0 spiro atoms. The summed E-state index contributed by atoms with van der Waals surface area (Å²) in [6.07, 6.45) is 8.51. The second-order valence-corrected chi connectivity index (χ2v) is 7.16. The lowest BCUT2D eigenvalue weighted by atomic mass is 10.2. The molecule has 2 aromatic carbocycles. The summed E-state index contributed by atoms with van der Waals surface area (Å²) in [6, 6.07) is 14.8. The van der Waals surface area contributed by atoms with Crippen LogP contribution in [0.25, 0.3) is 6.08 Å². The van der Waals surface area contributed by atoms with Gasteiger partial charge in [0.1, 0.15) is 11.4 Å². The Morgan fingerprint density at radius 1 is 1.08 bits per heavy atom. The van der Waals surface area contributed by atoms with Gasteiger partial charge in [-0.05, 0) is 36.8 Å². The molecule has 2 rings (SSSR count). The SMILES string of the molecule is CC[NH2+]c1ccc(OC)cc1SC/C=C/C=C/c1ccc(N(C)C)cc1. The molecular formula is C22H29N2OS+. The van der Waals surface area contributed by atoms with E-state index in [1.807, 2.05) is 17.8 Å². The summed E-state index contributed by atoms with van der Waals surface area (Å²) in [5, 5.41) is 2.25. The van der Waals surface area contributed by atoms with Crippen LogP contribution in [0.2, 0.25) is 0 Å². The smallest absolute Gasteiger partial charge is 0.143 e. The van der Waals surface area contributed by atoms with E-state index in [0.717, 1.165) is 18.0 Å². The van der Waals surface area contributed by atoms with Gasteiger partial charge in [0.15, 0.2) is 0 Å². The van der Waals surface area contributed by atoms with E-state index in [-0.39, 0.29) is 0 Å². The first-order valence-electron chi connectivity index (χ1n) is 8.88. The lowest BCUT2D eigenvalue weighted by molar-refractivity contribution is -0.570. The van der Waals surface area contributed by atoms with Crippen LogP contribution in [0.1, 0.15) is 12.5 Å². The van der Waals surface area contributed by atoms with E-state index in [0.29, 0.717) is 0 Å². The highest BCUT2D eigenvalue weighted by atomic mass is 32.2. The van der Waals surface area contributed by atoms with Crippen molar-refractivity contribution in [2.24, 2.45) is 0 Å². The quantitative estimate of drug-likeness (QED) is 0.405. The van der Waals surface area contributed by atoms with Crippen molar-refractivity contribution < 1.29 is 10.1 Å². The number of anilines is 1. The fraction of sp³-hybridized carbons (Fsp3) is 0.273. The van der Waals surface area contributed by atoms with Gasteiger partial charge < -0.3 is 15.0 Å². The topological polar surface area (TPSA) is 29.1 Å². The van der Waals surface area contributed by atoms with Crippen molar-refractivity contribution >= 4 is 29.2 Å². The first-order chi connectivity index (χ1) is 12.6. The molecule has 0 radical (unpaired) electrons. The fourth-order valence-corrected chi connectivity index (χ4v) is 3.38. The summed E-state index contributed by atoms with van der Waals surface area (Å²) in [6.45, 7) is 3.19. The third-order valence-electron chi connectivity index (χ3n) is 3.93. The molecule has 0 bridgehead atoms. The zero-order chi connectivity index (χ0) is 18.8. The average Bonchev–Trinajstić information content (AvgIpc) is 2.66. The number of quaternary nitrogens is 1. The molecular weight excluding hydrogens is 340 g/mol. The number of hydrogen-bond donors (Lipinski definition) is 1. The Hall–Kier alpha value is -2.17. The van der Waals surface area contributed by atoms with Crippen LogP contribution in [0.5, 0.6) is 5.75 Å². The van der Waals surface area contributed by atoms with Gasteiger partial charge >= 0.3 is 0 Å². The molecule has 26 heavy (non-hydrogen) atoms. The minimum Gasteiger partial charge on any atom is -0.497 e. The zero-order valence-corrected chi connectivity index (χ0v) is 16.9. The maximum atomic E-state index is 5.35. The van der Waals surface area contributed by atoms with Crippen LogP contribution >= 0.6 is 11.8 Å². The molecule has 0 aliphatic rings. The van der Waals surface area contributed by atoms with E-state index in [4.69, 9.17) is 4.74 Å². The van der Waals surface area contributed by atoms with Crippen LogP contribution in [0.3, 0.4) is 0 Å². The van der Waals surface area contributed by atoms with Crippen molar-refractivity contribution in [3.05, 3.63) is 66.3 Å². The van der Waals surface area contributed by atoms with Gasteiger partial charge in [-0.1, -0.05) is 36.4 Å². The van der Waals surface area contributed by atoms with Gasteiger partial charge in [0, 0.05) is 31.6 Å². The van der Waals surface area contributed by atoms with E-state index < -0.39 is 0 Å². The van der Waals surface area contributed by atoms with E-state index >= 15 is 0 Å². The average molecular weight is 370 g/mol. The lowest BCUT2D eigenvalue weighted by Gasteiger charge is -2.11. The summed E-state index contributed by atoms with van der Waals surface area (Å²) in [7, 11) is 5.82. The van der Waals surface area contributed by atoms with Gasteiger partial charge in [-0.2, -0.15) is 0 Å². The number of methoxy groups -OCH3 is 1. The van der Waals surface area contributed by atoms with Crippen LogP contribution in [0.15, 0.2) is 65.6 Å². The maximum Gasteiger partial charge on any atom is 0.143 e. The summed E-state index contributed by atoms with van der Waals surface area (Å²) in [4.78, 5) is 3.37. The predicted molar refractivity (Wildman–Crippen MR) is 115 cm³/mol. The molecule has 0 aliphatic carbocycles. The molecule has 0 unspecified atom stereocenters. The zero-order valence-electron chi connectivity index (χ0n) is 16.1. The molecule has 0 heterocycles. The summed E-state index contributed by atoms with van der Waals surface area (Å²) in [5.74, 6) is 1.84. The van der Waals surface area contributed by atoms with Crippen LogP contribution < -0.4 is 15.0 Å². The Balaban J connectivity index is 1.88. The number of hydrogen-bond acceptors (Lipinski definition) is 3. The molecule has 0 atom stereocenters. The van der Waals surface area contributed by atoms with Gasteiger partial charge in [-0.15, -0.1) is 11.8 Å². The number of nitrogens with two attached hydrogens (primary N) is 1. The summed E-state index contributed by atoms with van der Waals surface area (Å²) < 4.78 is 5.35. The van der Waals surface area contributed by atoms with Crippen molar-refractivity contribution in [2.45, 2.75) is 11.8 Å². The maximum absolute atomic E-state index is 5.35. The second kappa shape index (κ2) is 10.7. The van der Waals surface area contributed by atoms with Crippen LogP contribution in [0, 0.1) is 0 Å². The number of benzene rings is 2. The molecule has 0 saturated heterocycles. The normalized spacial score (nSPS) is 11.4. The van der Waals surface area contributed by atoms with Crippen molar-refractivity contribution in [1.29, 1.82) is 0 Å². The molecule has 138 valence electrons. The van der Waals surface area contributed by atoms with E-state index in [1.54, 1.807) is 7.11 Å². The third-order valence-corrected chi connectivity index (χ3v) is 4.95. The lowest BCUT2D eigenvalue weighted by Crippen LogP contribution is -2.77. The van der Waals surface area contributed by atoms with E-state index in [2.05, 4.69) is 91.9 Å². The highest BCUT2D eigenvalue weighted by molar-refractivity contribution is 7.99. The Morgan fingerprint density at radius 3 is 2.50 bits per heavy atom. The van der Waals surface area contributed by atoms with Crippen LogP contribution in [0.4, 0.5) is 11.4 Å². The van der Waals surface area contributed by atoms with Gasteiger partial charge in [0.05, 0.1) is 18.6 Å². The van der Waals surface area contributed by atoms with Gasteiger partial charge in [-0.3, -0.25) is 0 Å². The number of ether oxygens (including phenoxy) is 1. The molecule has 0 saturated carbocycles. The largest absolute Gasteiger partial charge is 0.497 e. The highest BCUT2D eigenvalue weighted by Crippen LogP contribution is 2.28. The minimum absolute atomic E-state index is 0.908. The van der Waals surface area contributed by atoms with Gasteiger partial charge in [-0.25, -0.2) is 0 Å². The predicted octanol–water partition coefficient (Wildman–Crippen LogP) is 4.34. The molecule has 0 aliphatic heterocycles. The first-order valence-corrected chi connectivity index (χ1v) is 9.87. The van der Waals surface area contributed by atoms with E-state index in [1.165, 1.54) is 21.8 Å². The molecule has 0 aromatic heterocycles. The standard InChI is InChI=1S/C22H28N2OS/c1-5-23-21-15-14-20(25-4)17-22(21)26-16-8-6-7-9-18-10-12-19(13-11-18)24(2)3/h6-15,17,23H,5,16H2,1-4H3/p+1/b8-6+,9-7+. The summed E-state index contributed by atoms with van der Waals surface area (Å²) in [5.41, 5.74) is 3.70. The third kappa shape index (κ3) is 6.28. The van der Waals surface area contributed by atoms with Crippen LogP contribution in [-0.4, -0.2) is 33.5 Å². The fourth-order valence-electron chi connectivity index (χ4n) is 2.48. The number of rotatable bonds is 9. The molecule has 3 nitrogen and oxygen atoms in total. The van der Waals surface area contributed by atoms with Crippen molar-refractivity contribution in [1.82, 2.24) is 0 Å². The first kappa shape index (κ1) is 20.1.